The first-order chi connectivity index (χ1) is 21.6. The molecule has 3 aromatic carbocycles. The average Bonchev–Trinajstić information content (AvgIpc) is 3.46. The summed E-state index contributed by atoms with van der Waals surface area (Å²) in [6, 6.07) is 16.0. The van der Waals surface area contributed by atoms with Crippen molar-refractivity contribution in [3.63, 3.8) is 0 Å². The first-order valence-electron chi connectivity index (χ1n) is 13.6. The van der Waals surface area contributed by atoms with Gasteiger partial charge < -0.3 is 30.3 Å². The molecule has 13 heteroatoms. The smallest absolute Gasteiger partial charge is 0.352 e. The Kier molecular flexibility index (Phi) is 7.60. The molecule has 2 aliphatic rings. The van der Waals surface area contributed by atoms with Crippen LogP contribution >= 0.6 is 0 Å². The molecule has 1 aromatic heterocycles. The lowest BCUT2D eigenvalue weighted by molar-refractivity contribution is -0.132. The van der Waals surface area contributed by atoms with E-state index < -0.39 is 35.4 Å². The molecule has 0 saturated heterocycles. The number of aromatic nitrogens is 1. The molecule has 4 aromatic rings. The van der Waals surface area contributed by atoms with Crippen molar-refractivity contribution in [2.75, 3.05) is 18.5 Å². The van der Waals surface area contributed by atoms with E-state index in [1.165, 1.54) is 24.3 Å². The lowest BCUT2D eigenvalue weighted by atomic mass is 10.00. The topological polar surface area (TPSA) is 158 Å². The molecule has 45 heavy (non-hydrogen) atoms. The van der Waals surface area contributed by atoms with Crippen LogP contribution in [0.15, 0.2) is 77.5 Å². The summed E-state index contributed by atoms with van der Waals surface area (Å²) in [5.41, 5.74) is 8.42. The molecule has 0 fully saturated rings. The second-order valence-corrected chi connectivity index (χ2v) is 10.3. The number of carbonyl (C=O) groups is 1. The van der Waals surface area contributed by atoms with Crippen molar-refractivity contribution in [1.82, 2.24) is 9.88 Å². The van der Waals surface area contributed by atoms with Gasteiger partial charge in [-0.15, -0.1) is 0 Å². The van der Waals surface area contributed by atoms with Crippen LogP contribution in [0.3, 0.4) is 0 Å². The number of anilines is 1. The Bertz CT molecular complexity index is 1910. The summed E-state index contributed by atoms with van der Waals surface area (Å²) in [6.07, 6.45) is 3.41. The Labute approximate surface area is 255 Å². The summed E-state index contributed by atoms with van der Waals surface area (Å²) in [5, 5.41) is 27.8. The molecular formula is C32H26F2N6O5. The number of pyridine rings is 1. The molecule has 3 heterocycles. The lowest BCUT2D eigenvalue weighted by Gasteiger charge is -2.31. The van der Waals surface area contributed by atoms with E-state index in [1.807, 2.05) is 36.2 Å². The lowest BCUT2D eigenvalue weighted by Crippen LogP contribution is -2.30. The fourth-order valence-corrected chi connectivity index (χ4v) is 5.09. The van der Waals surface area contributed by atoms with Crippen molar-refractivity contribution < 1.29 is 33.3 Å². The van der Waals surface area contributed by atoms with Gasteiger partial charge in [0.15, 0.2) is 17.3 Å². The van der Waals surface area contributed by atoms with Crippen molar-refractivity contribution in [3.8, 4) is 28.9 Å². The minimum Gasteiger partial charge on any atom is -0.504 e. The van der Waals surface area contributed by atoms with Gasteiger partial charge in [0, 0.05) is 36.1 Å². The predicted octanol–water partition coefficient (Wildman–Crippen LogP) is 5.39. The number of nitrogen functional groups attached to an aromatic ring is 1. The zero-order chi connectivity index (χ0) is 31.8. The number of benzene rings is 3. The third-order valence-corrected chi connectivity index (χ3v) is 7.39. The maximum Gasteiger partial charge on any atom is 0.352 e. The normalized spacial score (nSPS) is 15.8. The number of carboxylic acids is 1. The van der Waals surface area contributed by atoms with Crippen LogP contribution in [0.5, 0.6) is 28.9 Å². The number of rotatable bonds is 8. The van der Waals surface area contributed by atoms with Gasteiger partial charge in [-0.05, 0) is 60.6 Å². The third-order valence-electron chi connectivity index (χ3n) is 7.39. The fraction of sp³-hybridized carbons (Fsp3) is 0.125. The summed E-state index contributed by atoms with van der Waals surface area (Å²) in [6.45, 7) is 0.786. The molecule has 228 valence electrons. The van der Waals surface area contributed by atoms with Gasteiger partial charge in [0.1, 0.15) is 23.4 Å². The van der Waals surface area contributed by atoms with E-state index in [0.29, 0.717) is 24.0 Å². The van der Waals surface area contributed by atoms with Crippen LogP contribution in [0.1, 0.15) is 28.4 Å². The van der Waals surface area contributed by atoms with Gasteiger partial charge in [0.05, 0.1) is 6.20 Å². The standard InChI is InChI=1S/C32H26F2N6O5/c1-39-11-10-37-30(39)21-14-20(40-16-19-5-3-2-4-17(19)12-23(40)32(42)43)7-9-25(21)44-28-22(33)15-38-31(27(28)34)45-26-13-18(29(35)36)6-8-24(26)41/h2-10,12-15,30,41H,11,16H2,1H3,(H3,35,36)(H,42,43). The number of hydrogen-bond donors (Lipinski definition) is 4. The fourth-order valence-electron chi connectivity index (χ4n) is 5.09. The van der Waals surface area contributed by atoms with Gasteiger partial charge in [-0.2, -0.15) is 4.39 Å². The number of carboxylic acid groups (broad SMARTS) is 1. The van der Waals surface area contributed by atoms with Crippen LogP contribution in [0, 0.1) is 17.0 Å². The SMILES string of the molecule is CN1CC=NC1c1cc(N2Cc3ccccc3C=C2C(=O)O)ccc1Oc1c(F)cnc(Oc2cc(C(=N)N)ccc2O)c1F. The second kappa shape index (κ2) is 11.7. The number of nitrogens with zero attached hydrogens (tertiary/aromatic N) is 4. The number of ether oxygens (including phenoxy) is 2. The molecule has 0 saturated carbocycles. The molecule has 0 radical (unpaired) electrons. The Hall–Kier alpha value is -5.82. The molecule has 0 bridgehead atoms. The zero-order valence-corrected chi connectivity index (χ0v) is 23.7. The maximum absolute atomic E-state index is 15.7. The van der Waals surface area contributed by atoms with Crippen LogP contribution in [0.4, 0.5) is 14.5 Å². The Morgan fingerprint density at radius 2 is 1.89 bits per heavy atom. The highest BCUT2D eigenvalue weighted by Crippen LogP contribution is 2.42. The average molecular weight is 613 g/mol. The number of nitrogens with one attached hydrogen (secondary N) is 1. The Morgan fingerprint density at radius 3 is 2.62 bits per heavy atom. The second-order valence-electron chi connectivity index (χ2n) is 10.3. The van der Waals surface area contributed by atoms with Crippen LogP contribution in [-0.4, -0.2) is 51.7 Å². The molecule has 5 N–H and O–H groups in total. The maximum atomic E-state index is 15.7. The minimum absolute atomic E-state index is 0.0571. The zero-order valence-electron chi connectivity index (χ0n) is 23.7. The molecule has 1 atom stereocenters. The van der Waals surface area contributed by atoms with Gasteiger partial charge in [0.2, 0.25) is 11.6 Å². The molecule has 0 spiro atoms. The number of fused-ring (bicyclic) bond motifs is 1. The molecule has 1 unspecified atom stereocenters. The van der Waals surface area contributed by atoms with Gasteiger partial charge in [0.25, 0.3) is 5.88 Å². The van der Waals surface area contributed by atoms with Gasteiger partial charge in [-0.1, -0.05) is 24.3 Å². The largest absolute Gasteiger partial charge is 0.504 e. The molecular weight excluding hydrogens is 586 g/mol. The summed E-state index contributed by atoms with van der Waals surface area (Å²) in [5.74, 6) is -5.94. The highest BCUT2D eigenvalue weighted by atomic mass is 19.1. The first-order valence-corrected chi connectivity index (χ1v) is 13.6. The molecule has 0 amide bonds. The van der Waals surface area contributed by atoms with Crippen LogP contribution in [0.25, 0.3) is 6.08 Å². The third kappa shape index (κ3) is 5.63. The van der Waals surface area contributed by atoms with Crippen LogP contribution in [-0.2, 0) is 11.3 Å². The molecule has 11 nitrogen and oxygen atoms in total. The molecule has 0 aliphatic carbocycles. The number of hydrogen-bond acceptors (Lipinski definition) is 9. The Balaban J connectivity index is 1.39. The van der Waals surface area contributed by atoms with Gasteiger partial charge in [-0.3, -0.25) is 15.3 Å². The summed E-state index contributed by atoms with van der Waals surface area (Å²) < 4.78 is 42.0. The van der Waals surface area contributed by atoms with E-state index in [1.54, 1.807) is 29.3 Å². The van der Waals surface area contributed by atoms with Crippen molar-refractivity contribution in [2.45, 2.75) is 12.7 Å². The van der Waals surface area contributed by atoms with Gasteiger partial charge in [-0.25, -0.2) is 14.2 Å². The summed E-state index contributed by atoms with van der Waals surface area (Å²) >= 11 is 0. The summed E-state index contributed by atoms with van der Waals surface area (Å²) in [7, 11) is 1.81. The van der Waals surface area contributed by atoms with Crippen molar-refractivity contribution >= 4 is 29.8 Å². The molecule has 2 aliphatic heterocycles. The number of phenols is 1. The summed E-state index contributed by atoms with van der Waals surface area (Å²) in [4.78, 5) is 24.0. The quantitative estimate of drug-likeness (QED) is 0.151. The number of phenolic OH excluding ortho intramolecular Hbond substituents is 1. The van der Waals surface area contributed by atoms with Crippen molar-refractivity contribution in [2.24, 2.45) is 10.7 Å². The van der Waals surface area contributed by atoms with E-state index >= 15 is 8.78 Å². The highest BCUT2D eigenvalue weighted by Gasteiger charge is 2.29. The minimum atomic E-state index is -1.29. The van der Waals surface area contributed by atoms with Gasteiger partial charge >= 0.3 is 5.97 Å². The van der Waals surface area contributed by atoms with E-state index in [4.69, 9.17) is 20.6 Å². The Morgan fingerprint density at radius 1 is 1.09 bits per heavy atom. The number of aliphatic carboxylic acids is 1. The number of aromatic hydroxyl groups is 1. The number of amidine groups is 1. The predicted molar refractivity (Wildman–Crippen MR) is 162 cm³/mol. The van der Waals surface area contributed by atoms with Crippen LogP contribution in [0.2, 0.25) is 0 Å². The monoisotopic (exact) mass is 612 g/mol. The van der Waals surface area contributed by atoms with E-state index in [0.717, 1.165) is 11.1 Å². The van der Waals surface area contributed by atoms with Crippen molar-refractivity contribution in [3.05, 3.63) is 106 Å². The molecule has 6 rings (SSSR count). The number of halogens is 2. The van der Waals surface area contributed by atoms with Crippen molar-refractivity contribution in [1.29, 1.82) is 5.41 Å². The van der Waals surface area contributed by atoms with E-state index in [9.17, 15) is 15.0 Å². The number of aliphatic imine (C=N–C) groups is 1. The first kappa shape index (κ1) is 29.3. The van der Waals surface area contributed by atoms with Crippen LogP contribution < -0.4 is 20.1 Å². The highest BCUT2D eigenvalue weighted by molar-refractivity contribution is 5.98. The van der Waals surface area contributed by atoms with E-state index in [2.05, 4.69) is 9.98 Å². The van der Waals surface area contributed by atoms with E-state index in [-0.39, 0.29) is 40.9 Å². The number of nitrogens with two attached hydrogens (primary N) is 1.